The fraction of sp³-hybridized carbons (Fsp3) is 0.200. The average Bonchev–Trinajstić information content (AvgIpc) is 2.42. The van der Waals surface area contributed by atoms with Crippen LogP contribution in [-0.4, -0.2) is 11.7 Å². The Labute approximate surface area is 107 Å². The van der Waals surface area contributed by atoms with Crippen LogP contribution in [0.2, 0.25) is 0 Å². The van der Waals surface area contributed by atoms with Gasteiger partial charge in [-0.1, -0.05) is 42.5 Å². The first kappa shape index (κ1) is 12.6. The first-order chi connectivity index (χ1) is 8.88. The van der Waals surface area contributed by atoms with Crippen molar-refractivity contribution in [2.24, 2.45) is 0 Å². The van der Waals surface area contributed by atoms with Crippen molar-refractivity contribution in [3.63, 3.8) is 0 Å². The van der Waals surface area contributed by atoms with Crippen molar-refractivity contribution in [2.45, 2.75) is 13.0 Å². The van der Waals surface area contributed by atoms with Crippen LogP contribution >= 0.6 is 0 Å². The Kier molecular flexibility index (Phi) is 4.76. The number of nitrogens with one attached hydrogen (secondary N) is 2. The van der Waals surface area contributed by atoms with E-state index in [0.29, 0.717) is 0 Å². The Hall–Kier alpha value is -1.84. The predicted molar refractivity (Wildman–Crippen MR) is 74.1 cm³/mol. The number of para-hydroxylation sites is 1. The molecule has 0 aliphatic heterocycles. The van der Waals surface area contributed by atoms with Gasteiger partial charge in [-0.3, -0.25) is 0 Å². The molecule has 3 nitrogen and oxygen atoms in total. The van der Waals surface area contributed by atoms with Crippen molar-refractivity contribution >= 4 is 5.69 Å². The first-order valence-corrected chi connectivity index (χ1v) is 6.11. The van der Waals surface area contributed by atoms with Crippen molar-refractivity contribution in [1.82, 2.24) is 5.43 Å². The Balaban J connectivity index is 1.80. The number of aliphatic hydroxyl groups excluding tert-OH is 1. The van der Waals surface area contributed by atoms with E-state index in [9.17, 15) is 0 Å². The summed E-state index contributed by atoms with van der Waals surface area (Å²) in [5, 5.41) is 8.83. The lowest BCUT2D eigenvalue weighted by Gasteiger charge is -2.08. The van der Waals surface area contributed by atoms with Crippen molar-refractivity contribution in [1.29, 1.82) is 0 Å². The number of rotatable bonds is 6. The summed E-state index contributed by atoms with van der Waals surface area (Å²) in [6.07, 6.45) is 0.718. The molecule has 2 aromatic rings. The molecular weight excluding hydrogens is 224 g/mol. The highest BCUT2D eigenvalue weighted by Gasteiger charge is 1.94. The number of hydrogen-bond donors (Lipinski definition) is 3. The minimum Gasteiger partial charge on any atom is -0.396 e. The molecule has 0 radical (unpaired) electrons. The minimum atomic E-state index is 0.202. The molecule has 0 bridgehead atoms. The molecule has 0 unspecified atom stereocenters. The average molecular weight is 242 g/mol. The van der Waals surface area contributed by atoms with Crippen LogP contribution in [0.1, 0.15) is 11.1 Å². The van der Waals surface area contributed by atoms with Crippen LogP contribution in [-0.2, 0) is 13.0 Å². The molecule has 94 valence electrons. The maximum absolute atomic E-state index is 8.83. The van der Waals surface area contributed by atoms with Gasteiger partial charge in [-0.05, 0) is 29.7 Å². The molecule has 3 heteroatoms. The molecule has 0 saturated carbocycles. The van der Waals surface area contributed by atoms with Gasteiger partial charge in [0.2, 0.25) is 0 Å². The van der Waals surface area contributed by atoms with Gasteiger partial charge in [0.1, 0.15) is 0 Å². The van der Waals surface area contributed by atoms with Crippen LogP contribution in [0.15, 0.2) is 54.6 Å². The quantitative estimate of drug-likeness (QED) is 0.681. The van der Waals surface area contributed by atoms with E-state index in [1.807, 2.05) is 30.3 Å². The lowest BCUT2D eigenvalue weighted by molar-refractivity contribution is 0.299. The molecule has 0 heterocycles. The van der Waals surface area contributed by atoms with Gasteiger partial charge in [-0.2, -0.15) is 0 Å². The van der Waals surface area contributed by atoms with E-state index in [1.165, 1.54) is 5.56 Å². The van der Waals surface area contributed by atoms with Crippen LogP contribution < -0.4 is 10.9 Å². The van der Waals surface area contributed by atoms with Gasteiger partial charge in [-0.25, -0.2) is 5.43 Å². The second kappa shape index (κ2) is 6.79. The summed E-state index contributed by atoms with van der Waals surface area (Å²) in [4.78, 5) is 0. The number of anilines is 1. The first-order valence-electron chi connectivity index (χ1n) is 6.11. The Morgan fingerprint density at radius 1 is 0.833 bits per heavy atom. The summed E-state index contributed by atoms with van der Waals surface area (Å²) >= 11 is 0. The zero-order chi connectivity index (χ0) is 12.6. The molecule has 3 N–H and O–H groups in total. The second-order valence-corrected chi connectivity index (χ2v) is 4.13. The summed E-state index contributed by atoms with van der Waals surface area (Å²) in [6, 6.07) is 18.3. The summed E-state index contributed by atoms with van der Waals surface area (Å²) < 4.78 is 0. The molecule has 0 spiro atoms. The SMILES string of the molecule is OCCc1ccc(CNNc2ccccc2)cc1. The Morgan fingerprint density at radius 3 is 2.17 bits per heavy atom. The van der Waals surface area contributed by atoms with Gasteiger partial charge in [0.05, 0.1) is 0 Å². The summed E-state index contributed by atoms with van der Waals surface area (Å²) in [7, 11) is 0. The van der Waals surface area contributed by atoms with E-state index < -0.39 is 0 Å². The molecule has 0 aromatic heterocycles. The standard InChI is InChI=1S/C15H18N2O/c18-11-10-13-6-8-14(9-7-13)12-16-17-15-4-2-1-3-5-15/h1-9,16-18H,10-12H2. The van der Waals surface area contributed by atoms with Crippen molar-refractivity contribution in [2.75, 3.05) is 12.0 Å². The lowest BCUT2D eigenvalue weighted by Crippen LogP contribution is -2.20. The molecule has 0 aliphatic rings. The van der Waals surface area contributed by atoms with E-state index in [4.69, 9.17) is 5.11 Å². The number of benzene rings is 2. The lowest BCUT2D eigenvalue weighted by atomic mass is 10.1. The fourth-order valence-corrected chi connectivity index (χ4v) is 1.72. The van der Waals surface area contributed by atoms with E-state index in [2.05, 4.69) is 35.1 Å². The zero-order valence-electron chi connectivity index (χ0n) is 10.3. The number of hydrogen-bond acceptors (Lipinski definition) is 3. The van der Waals surface area contributed by atoms with E-state index in [1.54, 1.807) is 0 Å². The Morgan fingerprint density at radius 2 is 1.50 bits per heavy atom. The number of aliphatic hydroxyl groups is 1. The van der Waals surface area contributed by atoms with Crippen molar-refractivity contribution < 1.29 is 5.11 Å². The zero-order valence-corrected chi connectivity index (χ0v) is 10.3. The number of hydrazine groups is 1. The maximum atomic E-state index is 8.83. The van der Waals surface area contributed by atoms with Crippen LogP contribution in [0.3, 0.4) is 0 Å². The van der Waals surface area contributed by atoms with Gasteiger partial charge in [0.15, 0.2) is 0 Å². The smallest absolute Gasteiger partial charge is 0.0487 e. The van der Waals surface area contributed by atoms with E-state index >= 15 is 0 Å². The van der Waals surface area contributed by atoms with E-state index in [0.717, 1.165) is 24.2 Å². The van der Waals surface area contributed by atoms with Crippen molar-refractivity contribution in [3.8, 4) is 0 Å². The largest absolute Gasteiger partial charge is 0.396 e. The normalized spacial score (nSPS) is 10.3. The molecular formula is C15H18N2O. The van der Waals surface area contributed by atoms with Gasteiger partial charge >= 0.3 is 0 Å². The van der Waals surface area contributed by atoms with Gasteiger partial charge in [0.25, 0.3) is 0 Å². The van der Waals surface area contributed by atoms with E-state index in [-0.39, 0.29) is 6.61 Å². The highest BCUT2D eigenvalue weighted by Crippen LogP contribution is 2.06. The predicted octanol–water partition coefficient (Wildman–Crippen LogP) is 2.34. The molecule has 2 rings (SSSR count). The third kappa shape index (κ3) is 3.87. The van der Waals surface area contributed by atoms with Crippen LogP contribution in [0.25, 0.3) is 0 Å². The van der Waals surface area contributed by atoms with Crippen LogP contribution in [0, 0.1) is 0 Å². The van der Waals surface area contributed by atoms with Crippen molar-refractivity contribution in [3.05, 3.63) is 65.7 Å². The summed E-state index contributed by atoms with van der Waals surface area (Å²) in [6.45, 7) is 0.960. The molecule has 2 aromatic carbocycles. The molecule has 0 amide bonds. The van der Waals surface area contributed by atoms with Gasteiger partial charge < -0.3 is 10.5 Å². The maximum Gasteiger partial charge on any atom is 0.0487 e. The summed E-state index contributed by atoms with van der Waals surface area (Å²) in [5.74, 6) is 0. The minimum absolute atomic E-state index is 0.202. The van der Waals surface area contributed by atoms with Crippen LogP contribution in [0.4, 0.5) is 5.69 Å². The third-order valence-corrected chi connectivity index (χ3v) is 2.72. The molecule has 0 fully saturated rings. The van der Waals surface area contributed by atoms with Gasteiger partial charge in [0, 0.05) is 18.8 Å². The highest BCUT2D eigenvalue weighted by atomic mass is 16.2. The topological polar surface area (TPSA) is 44.3 Å². The second-order valence-electron chi connectivity index (χ2n) is 4.13. The van der Waals surface area contributed by atoms with Gasteiger partial charge in [-0.15, -0.1) is 0 Å². The molecule has 0 aliphatic carbocycles. The highest BCUT2D eigenvalue weighted by molar-refractivity contribution is 5.41. The Bertz CT molecular complexity index is 454. The molecule has 18 heavy (non-hydrogen) atoms. The molecule has 0 atom stereocenters. The third-order valence-electron chi connectivity index (χ3n) is 2.72. The fourth-order valence-electron chi connectivity index (χ4n) is 1.72. The van der Waals surface area contributed by atoms with Crippen LogP contribution in [0.5, 0.6) is 0 Å². The summed E-state index contributed by atoms with van der Waals surface area (Å²) in [5.41, 5.74) is 9.74. The monoisotopic (exact) mass is 242 g/mol. The molecule has 0 saturated heterocycles.